The molecule has 4 heteroatoms. The second kappa shape index (κ2) is 8.96. The van der Waals surface area contributed by atoms with Gasteiger partial charge in [-0.2, -0.15) is 0 Å². The van der Waals surface area contributed by atoms with Crippen molar-refractivity contribution in [1.82, 2.24) is 10.2 Å². The van der Waals surface area contributed by atoms with Crippen LogP contribution in [0, 0.1) is 0 Å². The Kier molecular flexibility index (Phi) is 6.63. The second-order valence-electron chi connectivity index (χ2n) is 5.82. The summed E-state index contributed by atoms with van der Waals surface area (Å²) in [5.74, 6) is 0. The van der Waals surface area contributed by atoms with Gasteiger partial charge in [-0.3, -0.25) is 0 Å². The summed E-state index contributed by atoms with van der Waals surface area (Å²) in [7, 11) is 3.95. The number of nitrogens with one attached hydrogen (secondary N) is 1. The van der Waals surface area contributed by atoms with Crippen LogP contribution in [0.1, 0.15) is 11.1 Å². The third-order valence-electron chi connectivity index (χ3n) is 3.43. The predicted molar refractivity (Wildman–Crippen MR) is 92.3 cm³/mol. The summed E-state index contributed by atoms with van der Waals surface area (Å²) in [6.07, 6.45) is 0.150. The average Bonchev–Trinajstić information content (AvgIpc) is 2.54. The van der Waals surface area contributed by atoms with E-state index in [1.807, 2.05) is 79.7 Å². The Hall–Kier alpha value is -2.33. The molecule has 2 aromatic carbocycles. The summed E-state index contributed by atoms with van der Waals surface area (Å²) in [6, 6.07) is 19.9. The van der Waals surface area contributed by atoms with E-state index in [0.717, 1.165) is 11.1 Å². The highest BCUT2D eigenvalue weighted by Crippen LogP contribution is 2.08. The van der Waals surface area contributed by atoms with Gasteiger partial charge in [-0.25, -0.2) is 4.79 Å². The van der Waals surface area contributed by atoms with Crippen molar-refractivity contribution in [2.75, 3.05) is 20.6 Å². The van der Waals surface area contributed by atoms with Crippen LogP contribution in [-0.2, 0) is 17.7 Å². The molecule has 2 rings (SSSR count). The second-order valence-corrected chi connectivity index (χ2v) is 5.82. The molecule has 0 fully saturated rings. The smallest absolute Gasteiger partial charge is 0.407 e. The standard InChI is InChI=1S/C19H24N2O2/c1-21(2)15-18(13-16-9-5-3-6-10-16)23-19(22)20-14-17-11-7-4-8-12-17/h3-12,18H,13-15H2,1-2H3,(H,20,22)/t18-/m0/s1. The number of rotatable bonds is 7. The molecule has 23 heavy (non-hydrogen) atoms. The van der Waals surface area contributed by atoms with Crippen molar-refractivity contribution in [3.63, 3.8) is 0 Å². The van der Waals surface area contributed by atoms with E-state index in [1.54, 1.807) is 0 Å². The van der Waals surface area contributed by atoms with E-state index in [9.17, 15) is 4.79 Å². The summed E-state index contributed by atoms with van der Waals surface area (Å²) in [5, 5.41) is 2.81. The topological polar surface area (TPSA) is 41.6 Å². The molecule has 0 radical (unpaired) electrons. The molecule has 0 saturated carbocycles. The zero-order valence-corrected chi connectivity index (χ0v) is 13.7. The van der Waals surface area contributed by atoms with Gasteiger partial charge in [0.2, 0.25) is 0 Å². The quantitative estimate of drug-likeness (QED) is 0.854. The highest BCUT2D eigenvalue weighted by molar-refractivity contribution is 5.67. The monoisotopic (exact) mass is 312 g/mol. The van der Waals surface area contributed by atoms with Gasteiger partial charge < -0.3 is 15.0 Å². The maximum atomic E-state index is 12.0. The lowest BCUT2D eigenvalue weighted by atomic mass is 10.1. The van der Waals surface area contributed by atoms with Gasteiger partial charge >= 0.3 is 6.09 Å². The number of carbonyl (C=O) groups is 1. The van der Waals surface area contributed by atoms with Crippen molar-refractivity contribution in [2.24, 2.45) is 0 Å². The van der Waals surface area contributed by atoms with Crippen molar-refractivity contribution < 1.29 is 9.53 Å². The minimum absolute atomic E-state index is 0.178. The molecule has 0 aliphatic rings. The lowest BCUT2D eigenvalue weighted by molar-refractivity contribution is 0.0807. The summed E-state index contributed by atoms with van der Waals surface area (Å²) in [4.78, 5) is 14.1. The first-order chi connectivity index (χ1) is 11.1. The minimum atomic E-state index is -0.378. The number of carbonyl (C=O) groups excluding carboxylic acids is 1. The van der Waals surface area contributed by atoms with Gasteiger partial charge in [0.05, 0.1) is 0 Å². The van der Waals surface area contributed by atoms with E-state index in [-0.39, 0.29) is 12.2 Å². The Morgan fingerprint density at radius 2 is 1.57 bits per heavy atom. The van der Waals surface area contributed by atoms with Crippen molar-refractivity contribution in [2.45, 2.75) is 19.1 Å². The zero-order valence-electron chi connectivity index (χ0n) is 13.7. The molecule has 0 aromatic heterocycles. The van der Waals surface area contributed by atoms with Crippen molar-refractivity contribution >= 4 is 6.09 Å². The fourth-order valence-electron chi connectivity index (χ4n) is 2.39. The van der Waals surface area contributed by atoms with Crippen LogP contribution in [-0.4, -0.2) is 37.7 Å². The van der Waals surface area contributed by atoms with Crippen LogP contribution in [0.5, 0.6) is 0 Å². The number of hydrogen-bond donors (Lipinski definition) is 1. The minimum Gasteiger partial charge on any atom is -0.445 e. The molecule has 0 bridgehead atoms. The Morgan fingerprint density at radius 1 is 1.00 bits per heavy atom. The number of likely N-dealkylation sites (N-methyl/N-ethyl adjacent to an activating group) is 1. The van der Waals surface area contributed by atoms with Gasteiger partial charge in [-0.1, -0.05) is 60.7 Å². The fourth-order valence-corrected chi connectivity index (χ4v) is 2.39. The normalized spacial score (nSPS) is 12.0. The maximum Gasteiger partial charge on any atom is 0.407 e. The van der Waals surface area contributed by atoms with Crippen molar-refractivity contribution in [3.05, 3.63) is 71.8 Å². The molecule has 0 saturated heterocycles. The van der Waals surface area contributed by atoms with Crippen LogP contribution in [0.3, 0.4) is 0 Å². The van der Waals surface area contributed by atoms with Gasteiger partial charge in [0.15, 0.2) is 0 Å². The van der Waals surface area contributed by atoms with Crippen LogP contribution < -0.4 is 5.32 Å². The SMILES string of the molecule is CN(C)C[C@H](Cc1ccccc1)OC(=O)NCc1ccccc1. The molecule has 4 nitrogen and oxygen atoms in total. The highest BCUT2D eigenvalue weighted by Gasteiger charge is 2.16. The van der Waals surface area contributed by atoms with E-state index in [2.05, 4.69) is 5.32 Å². The fraction of sp³-hybridized carbons (Fsp3) is 0.316. The van der Waals surface area contributed by atoms with Gasteiger partial charge in [0.25, 0.3) is 0 Å². The summed E-state index contributed by atoms with van der Waals surface area (Å²) in [5.41, 5.74) is 2.21. The van der Waals surface area contributed by atoms with E-state index in [1.165, 1.54) is 0 Å². The molecule has 0 spiro atoms. The summed E-state index contributed by atoms with van der Waals surface area (Å²) in [6.45, 7) is 1.16. The number of benzene rings is 2. The van der Waals surface area contributed by atoms with Crippen LogP contribution in [0.4, 0.5) is 4.79 Å². The first-order valence-corrected chi connectivity index (χ1v) is 7.80. The van der Waals surface area contributed by atoms with Gasteiger partial charge in [-0.05, 0) is 25.2 Å². The summed E-state index contributed by atoms with van der Waals surface area (Å²) >= 11 is 0. The Bertz CT molecular complexity index is 585. The average molecular weight is 312 g/mol. The third kappa shape index (κ3) is 6.53. The van der Waals surface area contributed by atoms with Gasteiger partial charge in [0.1, 0.15) is 6.10 Å². The van der Waals surface area contributed by atoms with Gasteiger partial charge in [0, 0.05) is 19.5 Å². The molecule has 1 amide bonds. The molecule has 1 N–H and O–H groups in total. The molecule has 0 heterocycles. The third-order valence-corrected chi connectivity index (χ3v) is 3.43. The number of amides is 1. The summed E-state index contributed by atoms with van der Waals surface area (Å²) < 4.78 is 5.60. The molecule has 122 valence electrons. The largest absolute Gasteiger partial charge is 0.445 e. The van der Waals surface area contributed by atoms with Crippen LogP contribution in [0.15, 0.2) is 60.7 Å². The molecule has 1 atom stereocenters. The van der Waals surface area contributed by atoms with Gasteiger partial charge in [-0.15, -0.1) is 0 Å². The van der Waals surface area contributed by atoms with Crippen LogP contribution in [0.2, 0.25) is 0 Å². The Labute approximate surface area is 138 Å². The number of nitrogens with zero attached hydrogens (tertiary/aromatic N) is 1. The Morgan fingerprint density at radius 3 is 2.13 bits per heavy atom. The van der Waals surface area contributed by atoms with Crippen molar-refractivity contribution in [3.8, 4) is 0 Å². The molecule has 0 unspecified atom stereocenters. The first kappa shape index (κ1) is 17.0. The number of hydrogen-bond acceptors (Lipinski definition) is 3. The molecule has 0 aliphatic carbocycles. The molecule has 2 aromatic rings. The van der Waals surface area contributed by atoms with Crippen LogP contribution in [0.25, 0.3) is 0 Å². The van der Waals surface area contributed by atoms with Crippen molar-refractivity contribution in [1.29, 1.82) is 0 Å². The van der Waals surface area contributed by atoms with E-state index in [4.69, 9.17) is 4.74 Å². The number of alkyl carbamates (subject to hydrolysis) is 1. The maximum absolute atomic E-state index is 12.0. The first-order valence-electron chi connectivity index (χ1n) is 7.80. The predicted octanol–water partition coefficient (Wildman–Crippen LogP) is 3.09. The lowest BCUT2D eigenvalue weighted by Gasteiger charge is -2.22. The molecular formula is C19H24N2O2. The molecule has 0 aliphatic heterocycles. The Balaban J connectivity index is 1.87. The molecular weight excluding hydrogens is 288 g/mol. The highest BCUT2D eigenvalue weighted by atomic mass is 16.6. The zero-order chi connectivity index (χ0) is 16.5. The lowest BCUT2D eigenvalue weighted by Crippen LogP contribution is -2.36. The van der Waals surface area contributed by atoms with E-state index >= 15 is 0 Å². The van der Waals surface area contributed by atoms with Crippen LogP contribution >= 0.6 is 0 Å². The number of ether oxygens (including phenoxy) is 1. The van der Waals surface area contributed by atoms with E-state index in [0.29, 0.717) is 19.5 Å². The van der Waals surface area contributed by atoms with E-state index < -0.39 is 0 Å².